The second kappa shape index (κ2) is 4.33. The van der Waals surface area contributed by atoms with Crippen LogP contribution in [0.5, 0.6) is 0 Å². The van der Waals surface area contributed by atoms with Crippen molar-refractivity contribution >= 4 is 0 Å². The van der Waals surface area contributed by atoms with Crippen molar-refractivity contribution < 1.29 is 0 Å². The summed E-state index contributed by atoms with van der Waals surface area (Å²) in [6.45, 7) is 4.60. The van der Waals surface area contributed by atoms with Gasteiger partial charge in [-0.05, 0) is 42.9 Å². The van der Waals surface area contributed by atoms with Gasteiger partial charge >= 0.3 is 0 Å². The fourth-order valence-corrected chi connectivity index (χ4v) is 2.93. The van der Waals surface area contributed by atoms with Gasteiger partial charge in [0.25, 0.3) is 0 Å². The molecule has 2 rings (SSSR count). The zero-order chi connectivity index (χ0) is 9.97. The Balaban J connectivity index is 1.83. The van der Waals surface area contributed by atoms with Crippen LogP contribution < -0.4 is 0 Å². The van der Waals surface area contributed by atoms with Crippen molar-refractivity contribution in [2.75, 3.05) is 0 Å². The van der Waals surface area contributed by atoms with Crippen LogP contribution in [0.4, 0.5) is 0 Å². The van der Waals surface area contributed by atoms with Gasteiger partial charge in [0.2, 0.25) is 0 Å². The van der Waals surface area contributed by atoms with E-state index in [4.69, 9.17) is 0 Å². The van der Waals surface area contributed by atoms with E-state index in [-0.39, 0.29) is 0 Å². The van der Waals surface area contributed by atoms with Gasteiger partial charge in [-0.1, -0.05) is 44.6 Å². The first-order chi connectivity index (χ1) is 6.79. The molecule has 0 aromatic carbocycles. The molecule has 2 aliphatic carbocycles. The highest BCUT2D eigenvalue weighted by Crippen LogP contribution is 2.44. The van der Waals surface area contributed by atoms with E-state index in [9.17, 15) is 0 Å². The van der Waals surface area contributed by atoms with Crippen LogP contribution in [0.15, 0.2) is 24.3 Å². The molecule has 2 bridgehead atoms. The van der Waals surface area contributed by atoms with Gasteiger partial charge in [-0.3, -0.25) is 0 Å². The minimum atomic E-state index is 0.781. The standard InChI is InChI=1S/C14H22/c1-3-4-11(2)5-7-13-9-12-6-8-14(13)10-12/h5-8,11-14H,3-4,9-10H2,1-2H3. The molecule has 0 heterocycles. The van der Waals surface area contributed by atoms with Crippen molar-refractivity contribution in [3.8, 4) is 0 Å². The molecule has 1 saturated carbocycles. The molecule has 0 aromatic heterocycles. The minimum Gasteiger partial charge on any atom is -0.0854 e. The van der Waals surface area contributed by atoms with E-state index in [1.54, 1.807) is 0 Å². The highest BCUT2D eigenvalue weighted by molar-refractivity contribution is 5.14. The van der Waals surface area contributed by atoms with E-state index in [0.29, 0.717) is 0 Å². The lowest BCUT2D eigenvalue weighted by molar-refractivity contribution is 0.540. The summed E-state index contributed by atoms with van der Waals surface area (Å²) in [5.41, 5.74) is 0. The molecule has 0 aromatic rings. The van der Waals surface area contributed by atoms with Crippen molar-refractivity contribution in [2.45, 2.75) is 39.5 Å². The van der Waals surface area contributed by atoms with E-state index >= 15 is 0 Å². The highest BCUT2D eigenvalue weighted by Gasteiger charge is 2.33. The largest absolute Gasteiger partial charge is 0.0854 e. The van der Waals surface area contributed by atoms with E-state index in [0.717, 1.165) is 23.7 Å². The summed E-state index contributed by atoms with van der Waals surface area (Å²) in [7, 11) is 0. The minimum absolute atomic E-state index is 0.781. The van der Waals surface area contributed by atoms with Gasteiger partial charge in [-0.15, -0.1) is 0 Å². The summed E-state index contributed by atoms with van der Waals surface area (Å²) in [4.78, 5) is 0. The van der Waals surface area contributed by atoms with Gasteiger partial charge in [-0.2, -0.15) is 0 Å². The Kier molecular flexibility index (Phi) is 3.10. The number of hydrogen-bond donors (Lipinski definition) is 0. The summed E-state index contributed by atoms with van der Waals surface area (Å²) in [5.74, 6) is 3.44. The molecule has 1 fully saturated rings. The molecular weight excluding hydrogens is 168 g/mol. The molecule has 0 saturated heterocycles. The monoisotopic (exact) mass is 190 g/mol. The third-order valence-corrected chi connectivity index (χ3v) is 3.76. The maximum absolute atomic E-state index is 2.49. The van der Waals surface area contributed by atoms with Crippen LogP contribution in [-0.2, 0) is 0 Å². The van der Waals surface area contributed by atoms with Crippen molar-refractivity contribution in [2.24, 2.45) is 23.7 Å². The summed E-state index contributed by atoms with van der Waals surface area (Å²) in [6, 6.07) is 0. The Bertz CT molecular complexity index is 236. The zero-order valence-corrected chi connectivity index (χ0v) is 9.45. The first-order valence-corrected chi connectivity index (χ1v) is 6.16. The van der Waals surface area contributed by atoms with Crippen LogP contribution in [0.25, 0.3) is 0 Å². The lowest BCUT2D eigenvalue weighted by Crippen LogP contribution is -2.03. The molecule has 4 unspecified atom stereocenters. The quantitative estimate of drug-likeness (QED) is 0.583. The maximum atomic E-state index is 2.49. The van der Waals surface area contributed by atoms with Crippen LogP contribution in [-0.4, -0.2) is 0 Å². The summed E-state index contributed by atoms with van der Waals surface area (Å²) in [6.07, 6.45) is 15.3. The molecule has 4 atom stereocenters. The summed E-state index contributed by atoms with van der Waals surface area (Å²) >= 11 is 0. The molecule has 0 spiro atoms. The molecule has 0 radical (unpaired) electrons. The van der Waals surface area contributed by atoms with Gasteiger partial charge in [0.05, 0.1) is 0 Å². The van der Waals surface area contributed by atoms with Crippen LogP contribution >= 0.6 is 0 Å². The van der Waals surface area contributed by atoms with Crippen molar-refractivity contribution in [3.05, 3.63) is 24.3 Å². The Morgan fingerprint density at radius 3 is 2.79 bits per heavy atom. The molecule has 78 valence electrons. The van der Waals surface area contributed by atoms with Crippen LogP contribution in [0.1, 0.15) is 39.5 Å². The molecule has 0 N–H and O–H groups in total. The van der Waals surface area contributed by atoms with Gasteiger partial charge < -0.3 is 0 Å². The Hall–Kier alpha value is -0.520. The van der Waals surface area contributed by atoms with Gasteiger partial charge in [0.1, 0.15) is 0 Å². The average molecular weight is 190 g/mol. The highest BCUT2D eigenvalue weighted by atomic mass is 14.4. The molecule has 0 heteroatoms. The number of hydrogen-bond acceptors (Lipinski definition) is 0. The smallest absolute Gasteiger partial charge is 0.0165 e. The van der Waals surface area contributed by atoms with E-state index < -0.39 is 0 Å². The van der Waals surface area contributed by atoms with Crippen molar-refractivity contribution in [1.82, 2.24) is 0 Å². The lowest BCUT2D eigenvalue weighted by atomic mass is 9.91. The van der Waals surface area contributed by atoms with Gasteiger partial charge in [-0.25, -0.2) is 0 Å². The molecular formula is C14H22. The molecule has 0 amide bonds. The van der Waals surface area contributed by atoms with Crippen LogP contribution in [0, 0.1) is 23.7 Å². The number of rotatable bonds is 4. The van der Waals surface area contributed by atoms with E-state index in [1.807, 2.05) is 0 Å². The predicted molar refractivity (Wildman–Crippen MR) is 62.1 cm³/mol. The third kappa shape index (κ3) is 2.10. The van der Waals surface area contributed by atoms with Crippen LogP contribution in [0.2, 0.25) is 0 Å². The lowest BCUT2D eigenvalue weighted by Gasteiger charge is -2.14. The first kappa shape index (κ1) is 10.0. The number of allylic oxidation sites excluding steroid dienone is 4. The van der Waals surface area contributed by atoms with Crippen molar-refractivity contribution in [1.29, 1.82) is 0 Å². The predicted octanol–water partition coefficient (Wildman–Crippen LogP) is 4.19. The topological polar surface area (TPSA) is 0 Å². The Labute approximate surface area is 88.1 Å². The summed E-state index contributed by atoms with van der Waals surface area (Å²) in [5, 5.41) is 0. The van der Waals surface area contributed by atoms with E-state index in [1.165, 1.54) is 25.7 Å². The summed E-state index contributed by atoms with van der Waals surface area (Å²) < 4.78 is 0. The van der Waals surface area contributed by atoms with Gasteiger partial charge in [0, 0.05) is 0 Å². The van der Waals surface area contributed by atoms with Gasteiger partial charge in [0.15, 0.2) is 0 Å². The second-order valence-electron chi connectivity index (χ2n) is 5.09. The molecule has 2 aliphatic rings. The zero-order valence-electron chi connectivity index (χ0n) is 9.45. The van der Waals surface area contributed by atoms with E-state index in [2.05, 4.69) is 38.2 Å². The second-order valence-corrected chi connectivity index (χ2v) is 5.09. The Morgan fingerprint density at radius 2 is 2.21 bits per heavy atom. The fourth-order valence-electron chi connectivity index (χ4n) is 2.93. The maximum Gasteiger partial charge on any atom is -0.0165 e. The molecule has 14 heavy (non-hydrogen) atoms. The third-order valence-electron chi connectivity index (χ3n) is 3.76. The average Bonchev–Trinajstić information content (AvgIpc) is 2.76. The van der Waals surface area contributed by atoms with Crippen molar-refractivity contribution in [3.63, 3.8) is 0 Å². The first-order valence-electron chi connectivity index (χ1n) is 6.16. The van der Waals surface area contributed by atoms with Crippen LogP contribution in [0.3, 0.4) is 0 Å². The Morgan fingerprint density at radius 1 is 1.36 bits per heavy atom. The fraction of sp³-hybridized carbons (Fsp3) is 0.714. The normalized spacial score (nSPS) is 37.1. The SMILES string of the molecule is CCCC(C)C=CC1CC2C=CC1C2. The molecule has 0 nitrogen and oxygen atoms in total. The molecule has 0 aliphatic heterocycles. The number of fused-ring (bicyclic) bond motifs is 2.